The molecule has 4 bridgehead atoms. The van der Waals surface area contributed by atoms with E-state index < -0.39 is 0 Å². The standard InChI is InChI=1S/C27H33NO3/c1-4-30-20-12-11-19-13-24-23-15-21(26(29)31-5-2)25(16-27(23,3)22(19)14-20)28(24)17-18-9-7-6-8-10-18/h6-12,14,21,23-25H,4-5,13,15-17H2,1-3H3/t21?,23?,24?,25?,27-/m1/s1. The number of benzene rings is 2. The highest BCUT2D eigenvalue weighted by Crippen LogP contribution is 2.59. The van der Waals surface area contributed by atoms with E-state index in [1.807, 2.05) is 13.8 Å². The van der Waals surface area contributed by atoms with Crippen molar-refractivity contribution in [2.24, 2.45) is 11.8 Å². The highest BCUT2D eigenvalue weighted by atomic mass is 16.5. The van der Waals surface area contributed by atoms with Gasteiger partial charge in [-0.2, -0.15) is 0 Å². The van der Waals surface area contributed by atoms with Gasteiger partial charge < -0.3 is 9.47 Å². The Balaban J connectivity index is 1.54. The Hall–Kier alpha value is -2.33. The predicted octanol–water partition coefficient (Wildman–Crippen LogP) is 4.74. The van der Waals surface area contributed by atoms with Crippen LogP contribution in [0, 0.1) is 11.8 Å². The van der Waals surface area contributed by atoms with E-state index in [-0.39, 0.29) is 23.3 Å². The zero-order chi connectivity index (χ0) is 21.6. The van der Waals surface area contributed by atoms with Gasteiger partial charge in [-0.3, -0.25) is 9.69 Å². The number of fused-ring (bicyclic) bond motifs is 2. The molecule has 2 aromatic carbocycles. The molecule has 3 fully saturated rings. The van der Waals surface area contributed by atoms with Crippen molar-refractivity contribution in [3.63, 3.8) is 0 Å². The first kappa shape index (κ1) is 20.6. The molecule has 5 atom stereocenters. The number of ether oxygens (including phenoxy) is 2. The topological polar surface area (TPSA) is 38.8 Å². The van der Waals surface area contributed by atoms with Gasteiger partial charge in [0.2, 0.25) is 0 Å². The minimum Gasteiger partial charge on any atom is -0.494 e. The largest absolute Gasteiger partial charge is 0.494 e. The van der Waals surface area contributed by atoms with Crippen molar-refractivity contribution in [2.75, 3.05) is 13.2 Å². The fourth-order valence-electron chi connectivity index (χ4n) is 6.67. The molecule has 0 radical (unpaired) electrons. The Labute approximate surface area is 185 Å². The number of piperidine rings is 2. The van der Waals surface area contributed by atoms with Crippen LogP contribution >= 0.6 is 0 Å². The molecule has 6 rings (SSSR count). The van der Waals surface area contributed by atoms with Crippen LogP contribution in [0.25, 0.3) is 0 Å². The van der Waals surface area contributed by atoms with Crippen LogP contribution in [0.15, 0.2) is 48.5 Å². The van der Waals surface area contributed by atoms with E-state index in [9.17, 15) is 4.79 Å². The maximum atomic E-state index is 12.9. The van der Waals surface area contributed by atoms with E-state index in [1.165, 1.54) is 16.7 Å². The Morgan fingerprint density at radius 1 is 1.10 bits per heavy atom. The van der Waals surface area contributed by atoms with Crippen LogP contribution < -0.4 is 4.74 Å². The van der Waals surface area contributed by atoms with Crippen molar-refractivity contribution in [1.82, 2.24) is 4.90 Å². The van der Waals surface area contributed by atoms with Gasteiger partial charge in [0.05, 0.1) is 19.1 Å². The van der Waals surface area contributed by atoms with E-state index in [1.54, 1.807) is 0 Å². The molecule has 0 spiro atoms. The van der Waals surface area contributed by atoms with Crippen LogP contribution in [0.2, 0.25) is 0 Å². The molecular weight excluding hydrogens is 386 g/mol. The van der Waals surface area contributed by atoms with Crippen molar-refractivity contribution < 1.29 is 14.3 Å². The maximum absolute atomic E-state index is 12.9. The summed E-state index contributed by atoms with van der Waals surface area (Å²) in [6.45, 7) is 8.39. The molecule has 0 amide bonds. The lowest BCUT2D eigenvalue weighted by Crippen LogP contribution is -2.69. The summed E-state index contributed by atoms with van der Waals surface area (Å²) in [6, 6.07) is 18.0. The Bertz CT molecular complexity index is 958. The van der Waals surface area contributed by atoms with E-state index >= 15 is 0 Å². The smallest absolute Gasteiger partial charge is 0.310 e. The molecule has 2 heterocycles. The SMILES string of the molecule is CCOC(=O)C1CC2C3Cc4ccc(OCC)cc4[C@@]2(C)CC1N3Cc1ccccc1. The van der Waals surface area contributed by atoms with Crippen molar-refractivity contribution in [2.45, 2.75) is 64.1 Å². The summed E-state index contributed by atoms with van der Waals surface area (Å²) >= 11 is 0. The van der Waals surface area contributed by atoms with Crippen LogP contribution in [-0.2, 0) is 27.9 Å². The number of hydrogen-bond acceptors (Lipinski definition) is 4. The van der Waals surface area contributed by atoms with E-state index in [0.29, 0.717) is 25.2 Å². The lowest BCUT2D eigenvalue weighted by Gasteiger charge is -2.64. The quantitative estimate of drug-likeness (QED) is 0.634. The van der Waals surface area contributed by atoms with Crippen LogP contribution in [0.3, 0.4) is 0 Å². The molecule has 1 saturated carbocycles. The second-order valence-electron chi connectivity index (χ2n) is 9.57. The molecule has 4 aliphatic rings. The lowest BCUT2D eigenvalue weighted by molar-refractivity contribution is -0.167. The van der Waals surface area contributed by atoms with E-state index in [0.717, 1.165) is 31.6 Å². The van der Waals surface area contributed by atoms with Crippen LogP contribution in [-0.4, -0.2) is 36.2 Å². The van der Waals surface area contributed by atoms with Crippen molar-refractivity contribution in [3.8, 4) is 5.75 Å². The minimum absolute atomic E-state index is 0.0140. The summed E-state index contributed by atoms with van der Waals surface area (Å²) in [7, 11) is 0. The van der Waals surface area contributed by atoms with Gasteiger partial charge in [-0.25, -0.2) is 0 Å². The van der Waals surface area contributed by atoms with Gasteiger partial charge in [0.1, 0.15) is 5.75 Å². The molecule has 4 heteroatoms. The summed E-state index contributed by atoms with van der Waals surface area (Å²) < 4.78 is 11.4. The Morgan fingerprint density at radius 2 is 1.90 bits per heavy atom. The number of rotatable bonds is 6. The van der Waals surface area contributed by atoms with Gasteiger partial charge in [0.15, 0.2) is 0 Å². The van der Waals surface area contributed by atoms with Gasteiger partial charge in [-0.05, 0) is 73.3 Å². The molecule has 2 aliphatic carbocycles. The van der Waals surface area contributed by atoms with Crippen LogP contribution in [0.5, 0.6) is 5.75 Å². The number of nitrogens with zero attached hydrogens (tertiary/aromatic N) is 1. The third kappa shape index (κ3) is 3.36. The first-order valence-corrected chi connectivity index (χ1v) is 11.8. The highest BCUT2D eigenvalue weighted by Gasteiger charge is 2.61. The third-order valence-electron chi connectivity index (χ3n) is 7.97. The number of carbonyl (C=O) groups is 1. The molecule has 4 unspecified atom stereocenters. The summed E-state index contributed by atoms with van der Waals surface area (Å²) in [5.74, 6) is 1.36. The normalized spacial score (nSPS) is 31.2. The van der Waals surface area contributed by atoms with Gasteiger partial charge in [0.25, 0.3) is 0 Å². The molecule has 4 nitrogen and oxygen atoms in total. The minimum atomic E-state index is -0.0328. The van der Waals surface area contributed by atoms with E-state index in [2.05, 4.69) is 60.4 Å². The molecular formula is C27H33NO3. The molecule has 0 N–H and O–H groups in total. The average molecular weight is 420 g/mol. The zero-order valence-corrected chi connectivity index (χ0v) is 18.8. The van der Waals surface area contributed by atoms with Crippen molar-refractivity contribution in [3.05, 3.63) is 65.2 Å². The fourth-order valence-corrected chi connectivity index (χ4v) is 6.67. The first-order valence-electron chi connectivity index (χ1n) is 11.8. The van der Waals surface area contributed by atoms with Crippen molar-refractivity contribution in [1.29, 1.82) is 0 Å². The summed E-state index contributed by atoms with van der Waals surface area (Å²) in [4.78, 5) is 15.6. The van der Waals surface area contributed by atoms with Crippen molar-refractivity contribution >= 4 is 5.97 Å². The van der Waals surface area contributed by atoms with E-state index in [4.69, 9.17) is 9.47 Å². The highest BCUT2D eigenvalue weighted by molar-refractivity contribution is 5.74. The molecule has 164 valence electrons. The molecule has 0 aromatic heterocycles. The third-order valence-corrected chi connectivity index (χ3v) is 7.97. The summed E-state index contributed by atoms with van der Waals surface area (Å²) in [5, 5.41) is 0. The maximum Gasteiger partial charge on any atom is 0.310 e. The first-order chi connectivity index (χ1) is 15.0. The molecule has 2 saturated heterocycles. The average Bonchev–Trinajstić information content (AvgIpc) is 2.77. The zero-order valence-electron chi connectivity index (χ0n) is 18.8. The Morgan fingerprint density at radius 3 is 2.65 bits per heavy atom. The van der Waals surface area contributed by atoms with Gasteiger partial charge >= 0.3 is 5.97 Å². The number of hydrogen-bond donors (Lipinski definition) is 0. The monoisotopic (exact) mass is 419 g/mol. The fraction of sp³-hybridized carbons (Fsp3) is 0.519. The Kier molecular flexibility index (Phi) is 5.29. The lowest BCUT2D eigenvalue weighted by atomic mass is 9.49. The van der Waals surface area contributed by atoms with Gasteiger partial charge in [0, 0.05) is 18.6 Å². The van der Waals surface area contributed by atoms with Gasteiger partial charge in [-0.1, -0.05) is 43.3 Å². The second-order valence-corrected chi connectivity index (χ2v) is 9.57. The second kappa shape index (κ2) is 7.98. The van der Waals surface area contributed by atoms with Crippen LogP contribution in [0.4, 0.5) is 0 Å². The number of esters is 1. The van der Waals surface area contributed by atoms with Gasteiger partial charge in [-0.15, -0.1) is 0 Å². The predicted molar refractivity (Wildman–Crippen MR) is 121 cm³/mol. The summed E-state index contributed by atoms with van der Waals surface area (Å²) in [5.41, 5.74) is 4.27. The molecule has 2 aromatic rings. The summed E-state index contributed by atoms with van der Waals surface area (Å²) in [6.07, 6.45) is 2.96. The molecule has 2 aliphatic heterocycles. The molecule has 31 heavy (non-hydrogen) atoms. The van der Waals surface area contributed by atoms with Crippen LogP contribution in [0.1, 0.15) is 50.3 Å². The number of carbonyl (C=O) groups excluding carboxylic acids is 1.